The van der Waals surface area contributed by atoms with Gasteiger partial charge in [-0.3, -0.25) is 0 Å². The van der Waals surface area contributed by atoms with Gasteiger partial charge in [0.05, 0.1) is 6.54 Å². The Morgan fingerprint density at radius 1 is 1.50 bits per heavy atom. The third-order valence-corrected chi connectivity index (χ3v) is 5.18. The van der Waals surface area contributed by atoms with Crippen molar-refractivity contribution in [3.05, 3.63) is 22.4 Å². The lowest BCUT2D eigenvalue weighted by atomic mass is 10.2. The van der Waals surface area contributed by atoms with Gasteiger partial charge >= 0.3 is 0 Å². The van der Waals surface area contributed by atoms with E-state index >= 15 is 0 Å². The Morgan fingerprint density at radius 3 is 2.90 bits per heavy atom. The molecule has 0 aliphatic carbocycles. The molecule has 2 heterocycles. The summed E-state index contributed by atoms with van der Waals surface area (Å²) in [6, 6.07) is 4.23. The molecule has 0 spiro atoms. The summed E-state index contributed by atoms with van der Waals surface area (Å²) < 4.78 is 0.317. The number of halogens is 1. The lowest BCUT2D eigenvalue weighted by molar-refractivity contribution is 0.376. The van der Waals surface area contributed by atoms with Crippen LogP contribution in [0, 0.1) is 0 Å². The van der Waals surface area contributed by atoms with Crippen LogP contribution in [0.4, 0.5) is 0 Å². The maximum Gasteiger partial charge on any atom is 0.194 e. The van der Waals surface area contributed by atoms with Crippen molar-refractivity contribution in [2.45, 2.75) is 32.1 Å². The van der Waals surface area contributed by atoms with E-state index in [1.807, 2.05) is 0 Å². The fourth-order valence-corrected chi connectivity index (χ4v) is 3.92. The number of nitrogens with one attached hydrogen (secondary N) is 1. The normalized spacial score (nSPS) is 18.6. The van der Waals surface area contributed by atoms with Crippen LogP contribution >= 0.6 is 47.1 Å². The Bertz CT molecular complexity index is 418. The summed E-state index contributed by atoms with van der Waals surface area (Å²) in [4.78, 5) is 8.49. The summed E-state index contributed by atoms with van der Waals surface area (Å²) >= 11 is 3.83. The van der Waals surface area contributed by atoms with E-state index in [2.05, 4.69) is 60.3 Å². The van der Waals surface area contributed by atoms with E-state index in [-0.39, 0.29) is 24.0 Å². The average Bonchev–Trinajstić information content (AvgIpc) is 2.86. The Balaban J connectivity index is 0.00000200. The first-order valence-corrected chi connectivity index (χ1v) is 8.67. The number of aliphatic imine (C=N–C) groups is 1. The Morgan fingerprint density at radius 2 is 2.30 bits per heavy atom. The summed E-state index contributed by atoms with van der Waals surface area (Å²) in [6.45, 7) is 10.6. The highest BCUT2D eigenvalue weighted by molar-refractivity contribution is 14.0. The fourth-order valence-electron chi connectivity index (χ4n) is 2.18. The van der Waals surface area contributed by atoms with Gasteiger partial charge in [-0.2, -0.15) is 11.8 Å². The summed E-state index contributed by atoms with van der Waals surface area (Å²) in [5.74, 6) is 2.24. The van der Waals surface area contributed by atoms with Crippen LogP contribution in [0.25, 0.3) is 0 Å². The van der Waals surface area contributed by atoms with Crippen LogP contribution < -0.4 is 5.32 Å². The van der Waals surface area contributed by atoms with Gasteiger partial charge in [0, 0.05) is 35.0 Å². The molecule has 1 aliphatic rings. The zero-order valence-corrected chi connectivity index (χ0v) is 16.4. The lowest BCUT2D eigenvalue weighted by Crippen LogP contribution is -2.50. The molecule has 1 aliphatic heterocycles. The molecule has 1 aromatic rings. The first-order valence-electron chi connectivity index (χ1n) is 6.80. The van der Waals surface area contributed by atoms with Crippen LogP contribution in [0.15, 0.2) is 22.5 Å². The van der Waals surface area contributed by atoms with Gasteiger partial charge in [0.25, 0.3) is 0 Å². The maximum absolute atomic E-state index is 4.78. The molecule has 0 atom stereocenters. The van der Waals surface area contributed by atoms with Gasteiger partial charge < -0.3 is 10.2 Å². The van der Waals surface area contributed by atoms with Crippen molar-refractivity contribution in [2.24, 2.45) is 4.99 Å². The van der Waals surface area contributed by atoms with Crippen LogP contribution in [0.2, 0.25) is 0 Å². The highest BCUT2D eigenvalue weighted by Gasteiger charge is 2.28. The molecular weight excluding hydrogens is 401 g/mol. The quantitative estimate of drug-likeness (QED) is 0.455. The molecule has 2 rings (SSSR count). The monoisotopic (exact) mass is 425 g/mol. The summed E-state index contributed by atoms with van der Waals surface area (Å²) in [6.07, 6.45) is 0. The van der Waals surface area contributed by atoms with Crippen LogP contribution in [0.3, 0.4) is 0 Å². The van der Waals surface area contributed by atoms with Crippen molar-refractivity contribution >= 4 is 53.0 Å². The Labute approximate surface area is 147 Å². The van der Waals surface area contributed by atoms with Gasteiger partial charge in [-0.25, -0.2) is 4.99 Å². The molecule has 20 heavy (non-hydrogen) atoms. The minimum atomic E-state index is 0. The van der Waals surface area contributed by atoms with E-state index in [0.29, 0.717) is 4.75 Å². The molecule has 114 valence electrons. The van der Waals surface area contributed by atoms with Crippen LogP contribution in [-0.2, 0) is 6.54 Å². The van der Waals surface area contributed by atoms with Gasteiger partial charge in [-0.15, -0.1) is 35.3 Å². The topological polar surface area (TPSA) is 27.6 Å². The molecular formula is C14H24IN3S2. The van der Waals surface area contributed by atoms with Gasteiger partial charge in [0.15, 0.2) is 5.96 Å². The molecule has 0 saturated carbocycles. The second-order valence-corrected chi connectivity index (χ2v) is 8.11. The molecule has 1 aromatic heterocycles. The number of rotatable bonds is 3. The number of guanidine groups is 1. The van der Waals surface area contributed by atoms with Crippen LogP contribution in [0.5, 0.6) is 0 Å². The zero-order valence-electron chi connectivity index (χ0n) is 12.4. The molecule has 3 nitrogen and oxygen atoms in total. The van der Waals surface area contributed by atoms with E-state index in [1.165, 1.54) is 10.6 Å². The number of thioether (sulfide) groups is 1. The summed E-state index contributed by atoms with van der Waals surface area (Å²) in [5, 5.41) is 5.53. The Kier molecular flexibility index (Phi) is 7.68. The third-order valence-electron chi connectivity index (χ3n) is 3.02. The molecule has 6 heteroatoms. The smallest absolute Gasteiger partial charge is 0.194 e. The number of thiophene rings is 1. The van der Waals surface area contributed by atoms with Gasteiger partial charge in [-0.1, -0.05) is 6.07 Å². The predicted molar refractivity (Wildman–Crippen MR) is 103 cm³/mol. The summed E-state index contributed by atoms with van der Waals surface area (Å²) in [5.41, 5.74) is 0. The summed E-state index contributed by atoms with van der Waals surface area (Å²) in [7, 11) is 0. The zero-order chi connectivity index (χ0) is 13.7. The highest BCUT2D eigenvalue weighted by Crippen LogP contribution is 2.29. The molecule has 0 amide bonds. The predicted octanol–water partition coefficient (Wildman–Crippen LogP) is 3.66. The molecule has 0 radical (unpaired) electrons. The standard InChI is InChI=1S/C14H23N3S2.HI/c1-4-15-13(16-10-12-6-5-8-18-12)17-7-9-19-14(2,3)11-17;/h5-6,8H,4,7,9-11H2,1-3H3,(H,15,16);1H. The molecule has 0 aromatic carbocycles. The second-order valence-electron chi connectivity index (χ2n) is 5.28. The highest BCUT2D eigenvalue weighted by atomic mass is 127. The maximum atomic E-state index is 4.78. The van der Waals surface area contributed by atoms with E-state index < -0.39 is 0 Å². The average molecular weight is 425 g/mol. The minimum Gasteiger partial charge on any atom is -0.357 e. The second kappa shape index (κ2) is 8.48. The van der Waals surface area contributed by atoms with Gasteiger partial charge in [0.2, 0.25) is 0 Å². The van der Waals surface area contributed by atoms with Crippen molar-refractivity contribution in [3.8, 4) is 0 Å². The number of hydrogen-bond acceptors (Lipinski definition) is 3. The van der Waals surface area contributed by atoms with E-state index in [1.54, 1.807) is 11.3 Å². The first kappa shape index (κ1) is 18.1. The van der Waals surface area contributed by atoms with Crippen LogP contribution in [-0.4, -0.2) is 41.0 Å². The van der Waals surface area contributed by atoms with E-state index in [9.17, 15) is 0 Å². The molecule has 0 unspecified atom stereocenters. The van der Waals surface area contributed by atoms with Gasteiger partial charge in [-0.05, 0) is 32.2 Å². The Hall–Kier alpha value is 0.0500. The van der Waals surface area contributed by atoms with Crippen molar-refractivity contribution in [1.29, 1.82) is 0 Å². The number of hydrogen-bond donors (Lipinski definition) is 1. The van der Waals surface area contributed by atoms with Crippen molar-refractivity contribution < 1.29 is 0 Å². The SMILES string of the molecule is CCNC(=NCc1cccs1)N1CCSC(C)(C)C1.I. The minimum absolute atomic E-state index is 0. The number of nitrogens with zero attached hydrogens (tertiary/aromatic N) is 2. The van der Waals surface area contributed by atoms with Crippen LogP contribution in [0.1, 0.15) is 25.6 Å². The third kappa shape index (κ3) is 5.44. The molecule has 1 fully saturated rings. The largest absolute Gasteiger partial charge is 0.357 e. The van der Waals surface area contributed by atoms with Crippen molar-refractivity contribution in [3.63, 3.8) is 0 Å². The first-order chi connectivity index (χ1) is 9.11. The van der Waals surface area contributed by atoms with Crippen molar-refractivity contribution in [1.82, 2.24) is 10.2 Å². The molecule has 1 saturated heterocycles. The van der Waals surface area contributed by atoms with E-state index in [0.717, 1.165) is 32.1 Å². The van der Waals surface area contributed by atoms with Crippen molar-refractivity contribution in [2.75, 3.05) is 25.4 Å². The lowest BCUT2D eigenvalue weighted by Gasteiger charge is -2.39. The molecule has 0 bridgehead atoms. The van der Waals surface area contributed by atoms with Gasteiger partial charge in [0.1, 0.15) is 0 Å². The molecule has 1 N–H and O–H groups in total. The fraction of sp³-hybridized carbons (Fsp3) is 0.643. The van der Waals surface area contributed by atoms with E-state index in [4.69, 9.17) is 4.99 Å².